The topological polar surface area (TPSA) is 348 Å². The maximum atomic E-state index is 8.41. The largest absolute Gasteiger partial charge is 2.00 e. The average molecular weight is 328 g/mol. The van der Waals surface area contributed by atoms with E-state index in [9.17, 15) is 0 Å². The van der Waals surface area contributed by atoms with Crippen LogP contribution < -0.4 is 64.9 Å². The van der Waals surface area contributed by atoms with Crippen LogP contribution in [0.2, 0.25) is 0 Å². The first kappa shape index (κ1) is 76.4. The molecule has 0 saturated heterocycles. The normalized spacial score (nSPS) is 4.80. The fraction of sp³-hybridized carbons (Fsp3) is 0. The second-order valence-electron chi connectivity index (χ2n) is 0.378. The van der Waals surface area contributed by atoms with E-state index in [4.69, 9.17) is 28.0 Å². The molecular formula is H18Cl2N6NiO6. The predicted octanol–water partition coefficient (Wildman–Crippen LogP) is -6.16. The summed E-state index contributed by atoms with van der Waals surface area (Å²) in [5.74, 6) is 0. The third kappa shape index (κ3) is 6570. The minimum atomic E-state index is -2.85. The maximum absolute atomic E-state index is 8.41. The molecule has 0 aliphatic rings. The Morgan fingerprint density at radius 3 is 0.400 bits per heavy atom. The van der Waals surface area contributed by atoms with E-state index in [0.717, 1.165) is 0 Å². The summed E-state index contributed by atoms with van der Waals surface area (Å²) in [6.45, 7) is 0. The molecule has 18 N–H and O–H groups in total. The molecule has 0 rings (SSSR count). The molecule has 15 heteroatoms. The molecule has 0 bridgehead atoms. The molecule has 0 atom stereocenters. The van der Waals surface area contributed by atoms with E-state index in [0.29, 0.717) is 0 Å². The molecule has 12 nitrogen and oxygen atoms in total. The van der Waals surface area contributed by atoms with E-state index >= 15 is 0 Å². The van der Waals surface area contributed by atoms with E-state index < -0.39 is 21.6 Å². The van der Waals surface area contributed by atoms with Crippen molar-refractivity contribution >= 4 is 0 Å². The van der Waals surface area contributed by atoms with Crippen LogP contribution in [0.4, 0.5) is 0 Å². The van der Waals surface area contributed by atoms with E-state index in [1.807, 2.05) is 0 Å². The first-order valence-electron chi connectivity index (χ1n) is 0.926. The van der Waals surface area contributed by atoms with Gasteiger partial charge in [0.05, 0.1) is 21.6 Å². The van der Waals surface area contributed by atoms with Gasteiger partial charge in [-0.15, -0.1) is 0 Å². The summed E-state index contributed by atoms with van der Waals surface area (Å²) in [6.07, 6.45) is 0. The molecule has 0 aromatic carbocycles. The first-order chi connectivity index (χ1) is 3.46. The zero-order valence-corrected chi connectivity index (χ0v) is 10.3. The Morgan fingerprint density at radius 2 is 0.400 bits per heavy atom. The Kier molecular flexibility index (Phi) is 316. The molecule has 0 heterocycles. The van der Waals surface area contributed by atoms with Crippen LogP contribution in [0.5, 0.6) is 0 Å². The second-order valence-corrected chi connectivity index (χ2v) is 1.13. The van der Waals surface area contributed by atoms with Crippen molar-refractivity contribution in [3.63, 3.8) is 0 Å². The quantitative estimate of drug-likeness (QED) is 0.226. The fourth-order valence-electron chi connectivity index (χ4n) is 0. The molecule has 0 aliphatic carbocycles. The summed E-state index contributed by atoms with van der Waals surface area (Å²) in [5.41, 5.74) is 0. The van der Waals surface area contributed by atoms with Gasteiger partial charge >= 0.3 is 16.5 Å². The Labute approximate surface area is 103 Å². The van der Waals surface area contributed by atoms with Crippen LogP contribution in [-0.2, 0) is 16.5 Å². The zero-order valence-electron chi connectivity index (χ0n) is 7.76. The molecular weight excluding hydrogens is 310 g/mol. The van der Waals surface area contributed by atoms with Crippen molar-refractivity contribution in [3.05, 3.63) is 0 Å². The standard InChI is InChI=1S/2ClO3.6H3N.Ni/c2*2-1(3)4;;;;;;;/h;;6*1H3;/q2*-1;;;;;;;+2. The van der Waals surface area contributed by atoms with Crippen molar-refractivity contribution in [2.24, 2.45) is 0 Å². The van der Waals surface area contributed by atoms with Crippen LogP contribution in [0.25, 0.3) is 0 Å². The Balaban J connectivity index is -0.00000000468. The van der Waals surface area contributed by atoms with Crippen LogP contribution in [-0.4, -0.2) is 0 Å². The van der Waals surface area contributed by atoms with E-state index in [-0.39, 0.29) is 53.4 Å². The summed E-state index contributed by atoms with van der Waals surface area (Å²) in [7, 11) is -5.70. The Bertz CT molecular complexity index is 41.1. The van der Waals surface area contributed by atoms with Crippen molar-refractivity contribution in [2.75, 3.05) is 0 Å². The molecule has 0 amide bonds. The minimum Gasteiger partial charge on any atom is -0.357 e. The number of halogens is 2. The van der Waals surface area contributed by atoms with Crippen LogP contribution in [0.15, 0.2) is 0 Å². The number of hydrogen-bond donors (Lipinski definition) is 6. The molecule has 0 unspecified atom stereocenters. The van der Waals surface area contributed by atoms with E-state index in [1.54, 1.807) is 0 Å². The molecule has 0 radical (unpaired) electrons. The summed E-state index contributed by atoms with van der Waals surface area (Å²) in [5, 5.41) is 0. The van der Waals surface area contributed by atoms with Gasteiger partial charge in [0.2, 0.25) is 0 Å². The van der Waals surface area contributed by atoms with Crippen molar-refractivity contribution in [1.29, 1.82) is 0 Å². The van der Waals surface area contributed by atoms with Gasteiger partial charge in [0, 0.05) is 0 Å². The maximum Gasteiger partial charge on any atom is 2.00 e. The van der Waals surface area contributed by atoms with Crippen molar-refractivity contribution in [2.45, 2.75) is 0 Å². The first-order valence-corrected chi connectivity index (χ1v) is 2.78. The second kappa shape index (κ2) is 62.0. The monoisotopic (exact) mass is 326 g/mol. The molecule has 0 aromatic heterocycles. The van der Waals surface area contributed by atoms with Gasteiger partial charge in [-0.1, -0.05) is 0 Å². The van der Waals surface area contributed by atoms with Gasteiger partial charge in [-0.25, -0.2) is 0 Å². The van der Waals surface area contributed by atoms with Crippen molar-refractivity contribution < 1.29 is 66.0 Å². The molecule has 0 fully saturated rings. The van der Waals surface area contributed by atoms with Crippen LogP contribution in [0.3, 0.4) is 0 Å². The third-order valence-corrected chi connectivity index (χ3v) is 0. The molecule has 0 saturated carbocycles. The van der Waals surface area contributed by atoms with Gasteiger partial charge in [-0.2, -0.15) is 0 Å². The van der Waals surface area contributed by atoms with Crippen molar-refractivity contribution in [3.8, 4) is 0 Å². The van der Waals surface area contributed by atoms with Gasteiger partial charge in [0.25, 0.3) is 0 Å². The van der Waals surface area contributed by atoms with Gasteiger partial charge in [0.1, 0.15) is 0 Å². The third-order valence-electron chi connectivity index (χ3n) is 0. The smallest absolute Gasteiger partial charge is 0.357 e. The molecule has 15 heavy (non-hydrogen) atoms. The predicted molar refractivity (Wildman–Crippen MR) is 30.1 cm³/mol. The van der Waals surface area contributed by atoms with Gasteiger partial charge in [0.15, 0.2) is 0 Å². The summed E-state index contributed by atoms with van der Waals surface area (Å²) >= 11 is 0. The minimum absolute atomic E-state index is 0. The van der Waals surface area contributed by atoms with Crippen LogP contribution in [0.1, 0.15) is 0 Å². The van der Waals surface area contributed by atoms with E-state index in [1.165, 1.54) is 0 Å². The molecule has 108 valence electrons. The SMILES string of the molecule is N.N.N.N.N.N.[Ni+2].[O-][Cl+2]([O-])[O-].[O-][Cl+2]([O-])[O-]. The van der Waals surface area contributed by atoms with Crippen LogP contribution >= 0.6 is 0 Å². The number of hydrogen-bond acceptors (Lipinski definition) is 12. The Hall–Kier alpha value is 0.594. The fourth-order valence-corrected chi connectivity index (χ4v) is 0. The van der Waals surface area contributed by atoms with Crippen LogP contribution in [0, 0.1) is 21.6 Å². The summed E-state index contributed by atoms with van der Waals surface area (Å²) in [6, 6.07) is 0. The average Bonchev–Trinajstić information content (AvgIpc) is 1.25. The summed E-state index contributed by atoms with van der Waals surface area (Å²) in [4.78, 5) is 0. The Morgan fingerprint density at radius 1 is 0.400 bits per heavy atom. The molecule has 0 aromatic rings. The van der Waals surface area contributed by atoms with Crippen molar-refractivity contribution in [1.82, 2.24) is 36.9 Å². The van der Waals surface area contributed by atoms with E-state index in [2.05, 4.69) is 0 Å². The van der Waals surface area contributed by atoms with Gasteiger partial charge in [-0.3, -0.25) is 0 Å². The van der Waals surface area contributed by atoms with Gasteiger partial charge in [-0.05, 0) is 0 Å². The number of rotatable bonds is 0. The molecule has 0 spiro atoms. The molecule has 0 aliphatic heterocycles. The van der Waals surface area contributed by atoms with Gasteiger partial charge < -0.3 is 64.9 Å². The summed E-state index contributed by atoms with van der Waals surface area (Å²) < 4.78 is 50.4. The zero-order chi connectivity index (χ0) is 7.15.